The average Bonchev–Trinajstić information content (AvgIpc) is 2.01. The Bertz CT molecular complexity index is 318. The van der Waals surface area contributed by atoms with Crippen molar-refractivity contribution in [1.82, 2.24) is 4.98 Å². The lowest BCUT2D eigenvalue weighted by molar-refractivity contribution is 0.425. The van der Waals surface area contributed by atoms with Gasteiger partial charge in [0.2, 0.25) is 0 Å². The molecule has 0 fully saturated rings. The molecule has 0 spiro atoms. The first kappa shape index (κ1) is 11.5. The lowest BCUT2D eigenvalue weighted by atomic mass is 9.80. The van der Waals surface area contributed by atoms with Crippen LogP contribution in [-0.2, 0) is 6.42 Å². The van der Waals surface area contributed by atoms with Crippen molar-refractivity contribution in [2.24, 2.45) is 5.92 Å². The molecule has 1 heterocycles. The van der Waals surface area contributed by atoms with E-state index in [1.807, 2.05) is 0 Å². The van der Waals surface area contributed by atoms with Crippen molar-refractivity contribution in [2.45, 2.75) is 20.3 Å². The molecule has 14 heavy (non-hydrogen) atoms. The van der Waals surface area contributed by atoms with E-state index in [1.54, 1.807) is 6.07 Å². The van der Waals surface area contributed by atoms with Gasteiger partial charge in [-0.05, 0) is 29.9 Å². The van der Waals surface area contributed by atoms with Gasteiger partial charge in [0.1, 0.15) is 5.15 Å². The highest BCUT2D eigenvalue weighted by Crippen LogP contribution is 2.08. The van der Waals surface area contributed by atoms with Crippen molar-refractivity contribution in [3.63, 3.8) is 0 Å². The number of hydrogen-bond donors (Lipinski definition) is 2. The Morgan fingerprint density at radius 3 is 2.57 bits per heavy atom. The van der Waals surface area contributed by atoms with E-state index in [9.17, 15) is 0 Å². The maximum atomic E-state index is 8.98. The molecule has 3 nitrogen and oxygen atoms in total. The summed E-state index contributed by atoms with van der Waals surface area (Å²) in [5.41, 5.74) is 1.18. The summed E-state index contributed by atoms with van der Waals surface area (Å²) >= 11 is 5.74. The van der Waals surface area contributed by atoms with E-state index in [0.717, 1.165) is 12.1 Å². The molecule has 0 radical (unpaired) electrons. The molecule has 0 saturated carbocycles. The third-order valence-corrected chi connectivity index (χ3v) is 1.98. The Morgan fingerprint density at radius 2 is 2.07 bits per heavy atom. The van der Waals surface area contributed by atoms with Gasteiger partial charge in [-0.1, -0.05) is 25.4 Å². The van der Waals surface area contributed by atoms with E-state index >= 15 is 0 Å². The summed E-state index contributed by atoms with van der Waals surface area (Å²) in [6.07, 6.45) is 0.778. The highest BCUT2D eigenvalue weighted by molar-refractivity contribution is 6.58. The number of aromatic nitrogens is 1. The topological polar surface area (TPSA) is 53.4 Å². The summed E-state index contributed by atoms with van der Waals surface area (Å²) in [7, 11) is -1.48. The highest BCUT2D eigenvalue weighted by atomic mass is 35.5. The molecule has 0 unspecified atom stereocenters. The summed E-state index contributed by atoms with van der Waals surface area (Å²) < 4.78 is 0. The van der Waals surface area contributed by atoms with Crippen LogP contribution in [0.4, 0.5) is 0 Å². The van der Waals surface area contributed by atoms with E-state index in [4.69, 9.17) is 21.6 Å². The molecule has 2 N–H and O–H groups in total. The number of halogens is 1. The summed E-state index contributed by atoms with van der Waals surface area (Å²) in [4.78, 5) is 4.10. The highest BCUT2D eigenvalue weighted by Gasteiger charge is 2.13. The summed E-state index contributed by atoms with van der Waals surface area (Å²) in [6.45, 7) is 4.13. The number of rotatable bonds is 3. The Hall–Kier alpha value is -0.575. The zero-order chi connectivity index (χ0) is 10.7. The standard InChI is InChI=1S/C9H13BClNO2/c1-6(2)3-8-4-7(10(13)14)5-9(11)12-8/h4-6,13-14H,3H2,1-2H3. The monoisotopic (exact) mass is 213 g/mol. The molecule has 0 saturated heterocycles. The van der Waals surface area contributed by atoms with Crippen molar-refractivity contribution in [3.8, 4) is 0 Å². The number of nitrogens with zero attached hydrogens (tertiary/aromatic N) is 1. The van der Waals surface area contributed by atoms with Crippen LogP contribution in [0.15, 0.2) is 12.1 Å². The minimum absolute atomic E-state index is 0.297. The quantitative estimate of drug-likeness (QED) is 0.571. The molecule has 1 aromatic rings. The lowest BCUT2D eigenvalue weighted by Crippen LogP contribution is -2.30. The van der Waals surface area contributed by atoms with Crippen molar-refractivity contribution < 1.29 is 10.0 Å². The van der Waals surface area contributed by atoms with Crippen molar-refractivity contribution in [3.05, 3.63) is 23.0 Å². The van der Waals surface area contributed by atoms with Crippen LogP contribution in [-0.4, -0.2) is 22.2 Å². The van der Waals surface area contributed by atoms with Crippen LogP contribution in [0.1, 0.15) is 19.5 Å². The zero-order valence-corrected chi connectivity index (χ0v) is 8.99. The first-order chi connectivity index (χ1) is 6.49. The Balaban J connectivity index is 2.95. The molecule has 0 aromatic carbocycles. The van der Waals surface area contributed by atoms with Crippen LogP contribution < -0.4 is 5.46 Å². The molecule has 0 amide bonds. The predicted octanol–water partition coefficient (Wildman–Crippen LogP) is 0.613. The van der Waals surface area contributed by atoms with Gasteiger partial charge < -0.3 is 10.0 Å². The van der Waals surface area contributed by atoms with E-state index < -0.39 is 7.12 Å². The smallest absolute Gasteiger partial charge is 0.423 e. The molecular weight excluding hydrogens is 200 g/mol. The van der Waals surface area contributed by atoms with Gasteiger partial charge in [-0.25, -0.2) is 4.98 Å². The Labute approximate surface area is 88.9 Å². The molecule has 0 atom stereocenters. The molecular formula is C9H13BClNO2. The number of hydrogen-bond acceptors (Lipinski definition) is 3. The molecule has 1 rings (SSSR count). The Kier molecular flexibility index (Phi) is 3.92. The molecule has 1 aromatic heterocycles. The second kappa shape index (κ2) is 4.78. The molecule has 5 heteroatoms. The van der Waals surface area contributed by atoms with Crippen LogP contribution in [0.2, 0.25) is 5.15 Å². The first-order valence-electron chi connectivity index (χ1n) is 4.51. The largest absolute Gasteiger partial charge is 0.488 e. The van der Waals surface area contributed by atoms with Gasteiger partial charge in [-0.3, -0.25) is 0 Å². The van der Waals surface area contributed by atoms with Crippen LogP contribution >= 0.6 is 11.6 Å². The lowest BCUT2D eigenvalue weighted by Gasteiger charge is -2.07. The second-order valence-electron chi connectivity index (χ2n) is 3.69. The van der Waals surface area contributed by atoms with Crippen LogP contribution in [0, 0.1) is 5.92 Å². The van der Waals surface area contributed by atoms with E-state index in [0.29, 0.717) is 16.5 Å². The van der Waals surface area contributed by atoms with Gasteiger partial charge in [-0.2, -0.15) is 0 Å². The second-order valence-corrected chi connectivity index (χ2v) is 4.07. The Morgan fingerprint density at radius 1 is 1.43 bits per heavy atom. The maximum Gasteiger partial charge on any atom is 0.488 e. The van der Waals surface area contributed by atoms with Gasteiger partial charge in [0.05, 0.1) is 0 Å². The normalized spacial score (nSPS) is 10.7. The van der Waals surface area contributed by atoms with Gasteiger partial charge >= 0.3 is 7.12 Å². The SMILES string of the molecule is CC(C)Cc1cc(B(O)O)cc(Cl)n1. The van der Waals surface area contributed by atoms with Gasteiger partial charge in [0.25, 0.3) is 0 Å². The minimum atomic E-state index is -1.48. The minimum Gasteiger partial charge on any atom is -0.423 e. The van der Waals surface area contributed by atoms with Crippen molar-refractivity contribution in [1.29, 1.82) is 0 Å². The van der Waals surface area contributed by atoms with Crippen molar-refractivity contribution >= 4 is 24.2 Å². The fourth-order valence-corrected chi connectivity index (χ4v) is 1.48. The van der Waals surface area contributed by atoms with E-state index in [1.165, 1.54) is 6.07 Å². The third-order valence-electron chi connectivity index (χ3n) is 1.78. The molecule has 0 aliphatic heterocycles. The third kappa shape index (κ3) is 3.29. The van der Waals surface area contributed by atoms with Crippen LogP contribution in [0.25, 0.3) is 0 Å². The molecule has 0 aliphatic rings. The predicted molar refractivity (Wildman–Crippen MR) is 57.6 cm³/mol. The molecule has 76 valence electrons. The van der Waals surface area contributed by atoms with E-state index in [-0.39, 0.29) is 0 Å². The summed E-state index contributed by atoms with van der Waals surface area (Å²) in [5.74, 6) is 0.463. The van der Waals surface area contributed by atoms with Crippen LogP contribution in [0.5, 0.6) is 0 Å². The zero-order valence-electron chi connectivity index (χ0n) is 8.24. The first-order valence-corrected chi connectivity index (χ1v) is 4.89. The maximum absolute atomic E-state index is 8.98. The van der Waals surface area contributed by atoms with Gasteiger partial charge in [-0.15, -0.1) is 0 Å². The molecule has 0 bridgehead atoms. The van der Waals surface area contributed by atoms with E-state index in [2.05, 4.69) is 18.8 Å². The summed E-state index contributed by atoms with van der Waals surface area (Å²) in [5, 5.41) is 18.2. The molecule has 0 aliphatic carbocycles. The van der Waals surface area contributed by atoms with Crippen LogP contribution in [0.3, 0.4) is 0 Å². The average molecular weight is 213 g/mol. The fraction of sp³-hybridized carbons (Fsp3) is 0.444. The van der Waals surface area contributed by atoms with Gasteiger partial charge in [0, 0.05) is 5.69 Å². The van der Waals surface area contributed by atoms with Crippen molar-refractivity contribution in [2.75, 3.05) is 0 Å². The fourth-order valence-electron chi connectivity index (χ4n) is 1.25. The number of pyridine rings is 1. The van der Waals surface area contributed by atoms with Gasteiger partial charge in [0.15, 0.2) is 0 Å². The summed E-state index contributed by atoms with van der Waals surface area (Å²) in [6, 6.07) is 3.12.